The molecule has 1 aliphatic carbocycles. The van der Waals surface area contributed by atoms with Crippen molar-refractivity contribution >= 4 is 5.91 Å². The largest absolute Gasteiger partial charge is 0.488 e. The summed E-state index contributed by atoms with van der Waals surface area (Å²) in [6.07, 6.45) is 4.38. The van der Waals surface area contributed by atoms with Gasteiger partial charge in [0.25, 0.3) is 5.91 Å². The Kier molecular flexibility index (Phi) is 3.13. The van der Waals surface area contributed by atoms with Gasteiger partial charge in [0, 0.05) is 19.4 Å². The molecule has 1 aromatic carbocycles. The van der Waals surface area contributed by atoms with E-state index < -0.39 is 0 Å². The molecule has 2 aliphatic rings. The summed E-state index contributed by atoms with van der Waals surface area (Å²) in [4.78, 5) is 18.4. The number of fused-ring (bicyclic) bond motifs is 1. The highest BCUT2D eigenvalue weighted by Crippen LogP contribution is 2.41. The minimum absolute atomic E-state index is 0.00243. The number of oxazole rings is 1. The Morgan fingerprint density at radius 3 is 2.95 bits per heavy atom. The molecule has 0 saturated heterocycles. The molecule has 114 valence electrons. The molecule has 2 heterocycles. The van der Waals surface area contributed by atoms with E-state index in [2.05, 4.69) is 11.1 Å². The van der Waals surface area contributed by atoms with E-state index in [0.29, 0.717) is 18.2 Å². The number of aromatic nitrogens is 1. The number of carbonyl (C=O) groups is 1. The second-order valence-electron chi connectivity index (χ2n) is 6.08. The van der Waals surface area contributed by atoms with Crippen LogP contribution in [0.4, 0.5) is 0 Å². The van der Waals surface area contributed by atoms with E-state index in [-0.39, 0.29) is 12.0 Å². The summed E-state index contributed by atoms with van der Waals surface area (Å²) in [7, 11) is 1.79. The van der Waals surface area contributed by atoms with Crippen LogP contribution in [0.2, 0.25) is 0 Å². The second kappa shape index (κ2) is 5.16. The number of carbonyl (C=O) groups excluding carboxylic acids is 1. The summed E-state index contributed by atoms with van der Waals surface area (Å²) >= 11 is 0. The predicted molar refractivity (Wildman–Crippen MR) is 80.0 cm³/mol. The fourth-order valence-corrected chi connectivity index (χ4v) is 2.98. The first-order valence-electron chi connectivity index (χ1n) is 7.66. The molecule has 0 bridgehead atoms. The molecule has 1 atom stereocenters. The lowest BCUT2D eigenvalue weighted by molar-refractivity contribution is 0.0723. The maximum Gasteiger partial charge on any atom is 0.275 e. The van der Waals surface area contributed by atoms with E-state index in [1.807, 2.05) is 18.2 Å². The van der Waals surface area contributed by atoms with Crippen molar-refractivity contribution in [3.63, 3.8) is 0 Å². The Morgan fingerprint density at radius 1 is 1.36 bits per heavy atom. The van der Waals surface area contributed by atoms with Crippen molar-refractivity contribution in [3.8, 4) is 5.75 Å². The first-order valence-corrected chi connectivity index (χ1v) is 7.66. The Hall–Kier alpha value is -2.30. The van der Waals surface area contributed by atoms with Gasteiger partial charge in [-0.05, 0) is 24.5 Å². The van der Waals surface area contributed by atoms with E-state index >= 15 is 0 Å². The van der Waals surface area contributed by atoms with E-state index in [4.69, 9.17) is 9.15 Å². The number of benzene rings is 1. The lowest BCUT2D eigenvalue weighted by Gasteiger charge is -2.20. The molecular formula is C17H18N2O3. The molecule has 1 unspecified atom stereocenters. The quantitative estimate of drug-likeness (QED) is 0.870. The van der Waals surface area contributed by atoms with E-state index in [1.54, 1.807) is 11.9 Å². The van der Waals surface area contributed by atoms with Crippen molar-refractivity contribution in [2.75, 3.05) is 13.6 Å². The number of hydrogen-bond acceptors (Lipinski definition) is 4. The highest BCUT2D eigenvalue weighted by Gasteiger charge is 2.34. The zero-order valence-electron chi connectivity index (χ0n) is 12.5. The molecule has 0 radical (unpaired) electrons. The number of ether oxygens (including phenoxy) is 1. The van der Waals surface area contributed by atoms with Gasteiger partial charge in [-0.15, -0.1) is 0 Å². The van der Waals surface area contributed by atoms with Gasteiger partial charge < -0.3 is 14.1 Å². The van der Waals surface area contributed by atoms with Crippen molar-refractivity contribution in [2.45, 2.75) is 31.3 Å². The molecule has 22 heavy (non-hydrogen) atoms. The number of likely N-dealkylation sites (N-methyl/N-ethyl adjacent to an activating group) is 1. The lowest BCUT2D eigenvalue weighted by Crippen LogP contribution is -2.36. The minimum Gasteiger partial charge on any atom is -0.488 e. The molecule has 2 aromatic rings. The number of hydrogen-bond donors (Lipinski definition) is 0. The van der Waals surface area contributed by atoms with Crippen LogP contribution >= 0.6 is 0 Å². The monoisotopic (exact) mass is 298 g/mol. The van der Waals surface area contributed by atoms with Crippen LogP contribution in [0.1, 0.15) is 40.6 Å². The van der Waals surface area contributed by atoms with Crippen LogP contribution < -0.4 is 4.74 Å². The van der Waals surface area contributed by atoms with Gasteiger partial charge in [-0.3, -0.25) is 4.79 Å². The summed E-state index contributed by atoms with van der Waals surface area (Å²) in [5.41, 5.74) is 1.66. The average molecular weight is 298 g/mol. The Bertz CT molecular complexity index is 680. The summed E-state index contributed by atoms with van der Waals surface area (Å²) in [6.45, 7) is 0.546. The van der Waals surface area contributed by atoms with E-state index in [9.17, 15) is 4.79 Å². The van der Waals surface area contributed by atoms with Gasteiger partial charge in [0.1, 0.15) is 17.6 Å². The molecule has 1 fully saturated rings. The summed E-state index contributed by atoms with van der Waals surface area (Å²) < 4.78 is 11.3. The lowest BCUT2D eigenvalue weighted by atomic mass is 10.1. The molecule has 0 spiro atoms. The number of amides is 1. The van der Waals surface area contributed by atoms with Gasteiger partial charge in [-0.25, -0.2) is 4.98 Å². The Labute approximate surface area is 128 Å². The Balaban J connectivity index is 1.43. The van der Waals surface area contributed by atoms with Crippen LogP contribution in [-0.2, 0) is 6.42 Å². The van der Waals surface area contributed by atoms with Crippen molar-refractivity contribution in [1.82, 2.24) is 9.88 Å². The first kappa shape index (κ1) is 13.4. The number of para-hydroxylation sites is 1. The molecule has 4 rings (SSSR count). The zero-order chi connectivity index (χ0) is 15.1. The molecule has 5 heteroatoms. The summed E-state index contributed by atoms with van der Waals surface area (Å²) in [6, 6.07) is 8.02. The van der Waals surface area contributed by atoms with Crippen LogP contribution in [0.5, 0.6) is 5.75 Å². The van der Waals surface area contributed by atoms with Gasteiger partial charge >= 0.3 is 0 Å². The third-order valence-electron chi connectivity index (χ3n) is 4.28. The summed E-state index contributed by atoms with van der Waals surface area (Å²) in [5, 5.41) is 0. The van der Waals surface area contributed by atoms with Crippen LogP contribution in [0.25, 0.3) is 0 Å². The standard InChI is InChI=1S/C17H18N2O3/c1-19(9-13-8-12-4-2-3-5-14(12)22-13)17(20)15-16(11-6-7-11)21-10-18-15/h2-5,10-11,13H,6-9H2,1H3. The van der Waals surface area contributed by atoms with Crippen molar-refractivity contribution < 1.29 is 13.9 Å². The smallest absolute Gasteiger partial charge is 0.275 e. The molecule has 1 amide bonds. The third-order valence-corrected chi connectivity index (χ3v) is 4.28. The van der Waals surface area contributed by atoms with Crippen LogP contribution in [0.3, 0.4) is 0 Å². The van der Waals surface area contributed by atoms with E-state index in [1.165, 1.54) is 12.0 Å². The van der Waals surface area contributed by atoms with Gasteiger partial charge in [0.2, 0.25) is 0 Å². The predicted octanol–water partition coefficient (Wildman–Crippen LogP) is 2.63. The van der Waals surface area contributed by atoms with Crippen molar-refractivity contribution in [2.24, 2.45) is 0 Å². The first-order chi connectivity index (χ1) is 10.7. The normalized spacial score (nSPS) is 19.6. The van der Waals surface area contributed by atoms with Gasteiger partial charge in [0.15, 0.2) is 12.1 Å². The van der Waals surface area contributed by atoms with E-state index in [0.717, 1.165) is 30.8 Å². The average Bonchev–Trinajstić information content (AvgIpc) is 3.11. The van der Waals surface area contributed by atoms with Crippen molar-refractivity contribution in [3.05, 3.63) is 47.7 Å². The number of rotatable bonds is 4. The minimum atomic E-state index is -0.0878. The number of nitrogens with zero attached hydrogens (tertiary/aromatic N) is 2. The van der Waals surface area contributed by atoms with Crippen LogP contribution in [0.15, 0.2) is 35.1 Å². The topological polar surface area (TPSA) is 55.6 Å². The fraction of sp³-hybridized carbons (Fsp3) is 0.412. The van der Waals surface area contributed by atoms with Crippen molar-refractivity contribution in [1.29, 1.82) is 0 Å². The van der Waals surface area contributed by atoms with Gasteiger partial charge in [-0.2, -0.15) is 0 Å². The highest BCUT2D eigenvalue weighted by molar-refractivity contribution is 5.93. The zero-order valence-corrected chi connectivity index (χ0v) is 12.5. The SMILES string of the molecule is CN(CC1Cc2ccccc2O1)C(=O)c1ncoc1C1CC1. The maximum absolute atomic E-state index is 12.6. The molecule has 1 aromatic heterocycles. The highest BCUT2D eigenvalue weighted by atomic mass is 16.5. The Morgan fingerprint density at radius 2 is 2.18 bits per heavy atom. The molecule has 5 nitrogen and oxygen atoms in total. The van der Waals surface area contributed by atoms with Gasteiger partial charge in [-0.1, -0.05) is 18.2 Å². The van der Waals surface area contributed by atoms with Crippen LogP contribution in [-0.4, -0.2) is 35.5 Å². The maximum atomic E-state index is 12.6. The molecule has 0 N–H and O–H groups in total. The molecule has 1 aliphatic heterocycles. The second-order valence-corrected chi connectivity index (χ2v) is 6.08. The van der Waals surface area contributed by atoms with Gasteiger partial charge in [0.05, 0.1) is 6.54 Å². The van der Waals surface area contributed by atoms with Crippen LogP contribution in [0, 0.1) is 0 Å². The molecule has 1 saturated carbocycles. The fourth-order valence-electron chi connectivity index (χ4n) is 2.98. The summed E-state index contributed by atoms with van der Waals surface area (Å²) in [5.74, 6) is 1.96. The third kappa shape index (κ3) is 2.36. The molecular weight excluding hydrogens is 280 g/mol.